The highest BCUT2D eigenvalue weighted by Gasteiger charge is 2.35. The van der Waals surface area contributed by atoms with Crippen molar-refractivity contribution in [3.63, 3.8) is 0 Å². The molecule has 2 aliphatic heterocycles. The summed E-state index contributed by atoms with van der Waals surface area (Å²) in [5.74, 6) is -1.46. The summed E-state index contributed by atoms with van der Waals surface area (Å²) in [5.41, 5.74) is 0.249. The van der Waals surface area contributed by atoms with Crippen LogP contribution in [0.25, 0.3) is 0 Å². The molecule has 2 heterocycles. The Morgan fingerprint density at radius 1 is 1.33 bits per heavy atom. The van der Waals surface area contributed by atoms with Gasteiger partial charge in [-0.1, -0.05) is 0 Å². The van der Waals surface area contributed by atoms with Crippen LogP contribution in [-0.4, -0.2) is 49.8 Å². The van der Waals surface area contributed by atoms with Gasteiger partial charge in [-0.25, -0.2) is 8.78 Å². The number of nitrogens with one attached hydrogen (secondary N) is 1. The fourth-order valence-electron chi connectivity index (χ4n) is 2.61. The van der Waals surface area contributed by atoms with E-state index >= 15 is 0 Å². The van der Waals surface area contributed by atoms with Gasteiger partial charge in [-0.05, 0) is 12.1 Å². The second-order valence-corrected chi connectivity index (χ2v) is 5.06. The Labute approximate surface area is 120 Å². The van der Waals surface area contributed by atoms with Crippen LogP contribution < -0.4 is 5.32 Å². The third-order valence-electron chi connectivity index (χ3n) is 3.62. The van der Waals surface area contributed by atoms with Gasteiger partial charge in [-0.2, -0.15) is 0 Å². The maximum atomic E-state index is 13.9. The fraction of sp³-hybridized carbons (Fsp3) is 0.500. The summed E-state index contributed by atoms with van der Waals surface area (Å²) in [6, 6.07) is 3.35. The van der Waals surface area contributed by atoms with E-state index in [1.54, 1.807) is 0 Å². The molecule has 2 unspecified atom stereocenters. The van der Waals surface area contributed by atoms with E-state index in [-0.39, 0.29) is 24.1 Å². The highest BCUT2D eigenvalue weighted by atomic mass is 19.1. The third kappa shape index (κ3) is 3.04. The van der Waals surface area contributed by atoms with E-state index in [9.17, 15) is 13.6 Å². The smallest absolute Gasteiger partial charge is 0.238 e. The summed E-state index contributed by atoms with van der Waals surface area (Å²) in [6.45, 7) is 1.86. The summed E-state index contributed by atoms with van der Waals surface area (Å²) in [4.78, 5) is 13.5. The standard InChI is InChI=1S/C14H16F2N2O3/c15-9-1-2-11(12(16)5-9)14-17-6-13(19)18(14)7-10-8-20-3-4-21-10/h1-2,5,10,14,17H,3-4,6-8H2. The molecule has 2 fully saturated rings. The molecule has 1 N–H and O–H groups in total. The molecule has 2 aliphatic rings. The number of carbonyl (C=O) groups excluding carboxylic acids is 1. The van der Waals surface area contributed by atoms with E-state index in [4.69, 9.17) is 9.47 Å². The van der Waals surface area contributed by atoms with E-state index in [2.05, 4.69) is 5.32 Å². The predicted octanol–water partition coefficient (Wildman–Crippen LogP) is 0.811. The molecule has 0 bridgehead atoms. The van der Waals surface area contributed by atoms with Crippen LogP contribution in [0.1, 0.15) is 11.7 Å². The van der Waals surface area contributed by atoms with Crippen LogP contribution in [0.5, 0.6) is 0 Å². The minimum absolute atomic E-state index is 0.120. The highest BCUT2D eigenvalue weighted by Crippen LogP contribution is 2.26. The van der Waals surface area contributed by atoms with Crippen molar-refractivity contribution in [3.8, 4) is 0 Å². The van der Waals surface area contributed by atoms with Crippen LogP contribution in [0, 0.1) is 11.6 Å². The fourth-order valence-corrected chi connectivity index (χ4v) is 2.61. The number of benzene rings is 1. The van der Waals surface area contributed by atoms with Crippen LogP contribution in [-0.2, 0) is 14.3 Å². The van der Waals surface area contributed by atoms with E-state index in [1.807, 2.05) is 0 Å². The lowest BCUT2D eigenvalue weighted by Gasteiger charge is -2.31. The first-order valence-corrected chi connectivity index (χ1v) is 6.82. The molecule has 1 amide bonds. The average Bonchev–Trinajstić information content (AvgIpc) is 2.82. The molecule has 7 heteroatoms. The second-order valence-electron chi connectivity index (χ2n) is 5.06. The minimum atomic E-state index is -0.673. The summed E-state index contributed by atoms with van der Waals surface area (Å²) in [5, 5.41) is 2.94. The van der Waals surface area contributed by atoms with Gasteiger partial charge in [0.15, 0.2) is 0 Å². The zero-order valence-electron chi connectivity index (χ0n) is 11.4. The van der Waals surface area contributed by atoms with Crippen molar-refractivity contribution in [2.75, 3.05) is 32.9 Å². The molecular weight excluding hydrogens is 282 g/mol. The maximum Gasteiger partial charge on any atom is 0.238 e. The van der Waals surface area contributed by atoms with Crippen molar-refractivity contribution in [3.05, 3.63) is 35.4 Å². The normalized spacial score (nSPS) is 26.4. The van der Waals surface area contributed by atoms with Crippen molar-refractivity contribution >= 4 is 5.91 Å². The van der Waals surface area contributed by atoms with E-state index in [1.165, 1.54) is 17.0 Å². The molecule has 1 aromatic rings. The number of halogens is 2. The number of hydrogen-bond acceptors (Lipinski definition) is 4. The van der Waals surface area contributed by atoms with Gasteiger partial charge in [0.25, 0.3) is 0 Å². The number of amides is 1. The number of nitrogens with zero attached hydrogens (tertiary/aromatic N) is 1. The van der Waals surface area contributed by atoms with Gasteiger partial charge in [-0.3, -0.25) is 10.1 Å². The summed E-state index contributed by atoms with van der Waals surface area (Å²) in [6.07, 6.45) is -0.836. The minimum Gasteiger partial charge on any atom is -0.376 e. The predicted molar refractivity (Wildman–Crippen MR) is 69.4 cm³/mol. The van der Waals surface area contributed by atoms with E-state index < -0.39 is 17.8 Å². The number of hydrogen-bond donors (Lipinski definition) is 1. The van der Waals surface area contributed by atoms with Gasteiger partial charge in [0, 0.05) is 11.6 Å². The van der Waals surface area contributed by atoms with Crippen LogP contribution in [0.4, 0.5) is 8.78 Å². The molecule has 2 atom stereocenters. The van der Waals surface area contributed by atoms with Gasteiger partial charge in [0.1, 0.15) is 17.8 Å². The quantitative estimate of drug-likeness (QED) is 0.897. The SMILES string of the molecule is O=C1CNC(c2ccc(F)cc2F)N1CC1COCCO1. The number of carbonyl (C=O) groups is 1. The van der Waals surface area contributed by atoms with Crippen molar-refractivity contribution in [1.82, 2.24) is 10.2 Å². The second kappa shape index (κ2) is 6.05. The first-order valence-electron chi connectivity index (χ1n) is 6.82. The Bertz CT molecular complexity index is 535. The summed E-state index contributed by atoms with van der Waals surface area (Å²) < 4.78 is 37.7. The van der Waals surface area contributed by atoms with Crippen molar-refractivity contribution in [1.29, 1.82) is 0 Å². The topological polar surface area (TPSA) is 50.8 Å². The summed E-state index contributed by atoms with van der Waals surface area (Å²) >= 11 is 0. The van der Waals surface area contributed by atoms with Gasteiger partial charge in [0.2, 0.25) is 5.91 Å². The molecule has 0 aliphatic carbocycles. The molecule has 21 heavy (non-hydrogen) atoms. The molecule has 3 rings (SSSR count). The van der Waals surface area contributed by atoms with Gasteiger partial charge in [-0.15, -0.1) is 0 Å². The first-order chi connectivity index (χ1) is 10.1. The van der Waals surface area contributed by atoms with Crippen LogP contribution in [0.2, 0.25) is 0 Å². The Kier molecular flexibility index (Phi) is 4.14. The third-order valence-corrected chi connectivity index (χ3v) is 3.62. The Hall–Kier alpha value is -1.57. The highest BCUT2D eigenvalue weighted by molar-refractivity contribution is 5.81. The zero-order valence-corrected chi connectivity index (χ0v) is 11.4. The molecule has 0 radical (unpaired) electrons. The van der Waals surface area contributed by atoms with E-state index in [0.717, 1.165) is 6.07 Å². The summed E-state index contributed by atoms with van der Waals surface area (Å²) in [7, 11) is 0. The van der Waals surface area contributed by atoms with E-state index in [0.29, 0.717) is 26.4 Å². The number of ether oxygens (including phenoxy) is 2. The molecule has 0 saturated carbocycles. The largest absolute Gasteiger partial charge is 0.376 e. The van der Waals surface area contributed by atoms with Crippen LogP contribution >= 0.6 is 0 Å². The van der Waals surface area contributed by atoms with Gasteiger partial charge < -0.3 is 14.4 Å². The molecule has 0 aromatic heterocycles. The van der Waals surface area contributed by atoms with Crippen molar-refractivity contribution in [2.24, 2.45) is 0 Å². The molecule has 1 aromatic carbocycles. The molecule has 2 saturated heterocycles. The molecule has 114 valence electrons. The van der Waals surface area contributed by atoms with Crippen LogP contribution in [0.15, 0.2) is 18.2 Å². The lowest BCUT2D eigenvalue weighted by atomic mass is 10.1. The lowest BCUT2D eigenvalue weighted by Crippen LogP contribution is -2.42. The molecule has 5 nitrogen and oxygen atoms in total. The first kappa shape index (κ1) is 14.4. The average molecular weight is 298 g/mol. The lowest BCUT2D eigenvalue weighted by molar-refractivity contribution is -0.135. The maximum absolute atomic E-state index is 13.9. The Morgan fingerprint density at radius 3 is 2.90 bits per heavy atom. The zero-order chi connectivity index (χ0) is 14.8. The van der Waals surface area contributed by atoms with Crippen LogP contribution in [0.3, 0.4) is 0 Å². The molecular formula is C14H16F2N2O3. The number of rotatable bonds is 3. The monoisotopic (exact) mass is 298 g/mol. The molecule has 0 spiro atoms. The van der Waals surface area contributed by atoms with Gasteiger partial charge >= 0.3 is 0 Å². The van der Waals surface area contributed by atoms with Crippen molar-refractivity contribution in [2.45, 2.75) is 12.3 Å². The Balaban J connectivity index is 1.78. The van der Waals surface area contributed by atoms with Gasteiger partial charge in [0.05, 0.1) is 39.0 Å². The Morgan fingerprint density at radius 2 is 2.19 bits per heavy atom. The van der Waals surface area contributed by atoms with Crippen molar-refractivity contribution < 1.29 is 23.0 Å².